The molecule has 0 heterocycles. The molecule has 1 rings (SSSR count). The van der Waals surface area contributed by atoms with Crippen molar-refractivity contribution in [1.82, 2.24) is 5.32 Å². The molecule has 1 saturated carbocycles. The van der Waals surface area contributed by atoms with Crippen molar-refractivity contribution in [2.75, 3.05) is 13.1 Å². The van der Waals surface area contributed by atoms with Crippen LogP contribution in [0.3, 0.4) is 0 Å². The van der Waals surface area contributed by atoms with Crippen molar-refractivity contribution in [2.24, 2.45) is 11.3 Å². The van der Waals surface area contributed by atoms with Crippen molar-refractivity contribution < 1.29 is 9.90 Å². The highest BCUT2D eigenvalue weighted by Gasteiger charge is 2.30. The highest BCUT2D eigenvalue weighted by Crippen LogP contribution is 2.38. The molecule has 3 heteroatoms. The molecular formula is C13H23NO2. The van der Waals surface area contributed by atoms with Gasteiger partial charge in [0.05, 0.1) is 0 Å². The molecule has 92 valence electrons. The van der Waals surface area contributed by atoms with E-state index >= 15 is 0 Å². The molecule has 0 aromatic carbocycles. The minimum atomic E-state index is -0.878. The molecule has 0 unspecified atom stereocenters. The summed E-state index contributed by atoms with van der Waals surface area (Å²) >= 11 is 0. The van der Waals surface area contributed by atoms with Crippen molar-refractivity contribution in [3.05, 3.63) is 12.2 Å². The standard InChI is InChI=1S/C13H23NO2/c1-13(2,11-6-3-4-7-11)10-14-9-5-8-12(15)16/h5,8,11,14H,3-4,6-7,9-10H2,1-2H3,(H,15,16)/b8-5+. The number of hydrogen-bond donors (Lipinski definition) is 2. The molecule has 16 heavy (non-hydrogen) atoms. The Labute approximate surface area is 97.9 Å². The van der Waals surface area contributed by atoms with E-state index in [4.69, 9.17) is 5.11 Å². The molecule has 0 spiro atoms. The van der Waals surface area contributed by atoms with Gasteiger partial charge in [0.2, 0.25) is 0 Å². The van der Waals surface area contributed by atoms with Crippen LogP contribution in [-0.2, 0) is 4.79 Å². The molecule has 0 aromatic heterocycles. The van der Waals surface area contributed by atoms with Gasteiger partial charge in [-0.15, -0.1) is 0 Å². The van der Waals surface area contributed by atoms with Gasteiger partial charge in [-0.25, -0.2) is 4.79 Å². The number of hydrogen-bond acceptors (Lipinski definition) is 2. The summed E-state index contributed by atoms with van der Waals surface area (Å²) in [7, 11) is 0. The average Bonchev–Trinajstić information content (AvgIpc) is 2.69. The Morgan fingerprint density at radius 1 is 1.44 bits per heavy atom. The SMILES string of the molecule is CC(C)(CNC/C=C/C(=O)O)C1CCCC1. The number of rotatable bonds is 6. The molecule has 1 aliphatic carbocycles. The van der Waals surface area contributed by atoms with E-state index in [2.05, 4.69) is 19.2 Å². The highest BCUT2D eigenvalue weighted by atomic mass is 16.4. The predicted molar refractivity (Wildman–Crippen MR) is 65.4 cm³/mol. The van der Waals surface area contributed by atoms with Gasteiger partial charge in [-0.05, 0) is 24.2 Å². The lowest BCUT2D eigenvalue weighted by Crippen LogP contribution is -2.34. The van der Waals surface area contributed by atoms with Crippen LogP contribution in [0, 0.1) is 11.3 Å². The van der Waals surface area contributed by atoms with E-state index in [1.807, 2.05) is 0 Å². The fourth-order valence-electron chi connectivity index (χ4n) is 2.49. The van der Waals surface area contributed by atoms with Gasteiger partial charge < -0.3 is 10.4 Å². The quantitative estimate of drug-likeness (QED) is 0.539. The van der Waals surface area contributed by atoms with Crippen molar-refractivity contribution >= 4 is 5.97 Å². The number of carboxylic acid groups (broad SMARTS) is 1. The summed E-state index contributed by atoms with van der Waals surface area (Å²) in [6.45, 7) is 6.21. The molecule has 0 bridgehead atoms. The third kappa shape index (κ3) is 4.35. The number of aliphatic carboxylic acids is 1. The largest absolute Gasteiger partial charge is 0.478 e. The van der Waals surface area contributed by atoms with Crippen molar-refractivity contribution in [3.63, 3.8) is 0 Å². The van der Waals surface area contributed by atoms with Crippen LogP contribution >= 0.6 is 0 Å². The second-order valence-corrected chi connectivity index (χ2v) is 5.34. The van der Waals surface area contributed by atoms with Gasteiger partial charge >= 0.3 is 5.97 Å². The third-order valence-corrected chi connectivity index (χ3v) is 3.56. The molecule has 0 aromatic rings. The first-order chi connectivity index (χ1) is 7.52. The second-order valence-electron chi connectivity index (χ2n) is 5.34. The Balaban J connectivity index is 2.22. The monoisotopic (exact) mass is 225 g/mol. The molecule has 0 amide bonds. The number of carbonyl (C=O) groups is 1. The zero-order valence-corrected chi connectivity index (χ0v) is 10.3. The summed E-state index contributed by atoms with van der Waals surface area (Å²) in [5.74, 6) is -0.0553. The lowest BCUT2D eigenvalue weighted by Gasteiger charge is -2.31. The van der Waals surface area contributed by atoms with E-state index in [0.717, 1.165) is 12.5 Å². The Hall–Kier alpha value is -0.830. The minimum absolute atomic E-state index is 0.327. The van der Waals surface area contributed by atoms with Crippen molar-refractivity contribution in [1.29, 1.82) is 0 Å². The summed E-state index contributed by atoms with van der Waals surface area (Å²) in [5.41, 5.74) is 0.327. The molecule has 0 atom stereocenters. The maximum atomic E-state index is 10.3. The molecule has 0 saturated heterocycles. The molecular weight excluding hydrogens is 202 g/mol. The van der Waals surface area contributed by atoms with E-state index in [0.29, 0.717) is 12.0 Å². The first kappa shape index (κ1) is 13.2. The predicted octanol–water partition coefficient (Wildman–Crippen LogP) is 2.43. The van der Waals surface area contributed by atoms with E-state index in [-0.39, 0.29) is 0 Å². The summed E-state index contributed by atoms with van der Waals surface area (Å²) in [6.07, 6.45) is 8.28. The van der Waals surface area contributed by atoms with Gasteiger partial charge in [0.15, 0.2) is 0 Å². The highest BCUT2D eigenvalue weighted by molar-refractivity contribution is 5.79. The van der Waals surface area contributed by atoms with Crippen LogP contribution < -0.4 is 5.32 Å². The van der Waals surface area contributed by atoms with Crippen LogP contribution in [-0.4, -0.2) is 24.2 Å². The van der Waals surface area contributed by atoms with Crippen LogP contribution in [0.5, 0.6) is 0 Å². The van der Waals surface area contributed by atoms with E-state index in [9.17, 15) is 4.79 Å². The van der Waals surface area contributed by atoms with Crippen LogP contribution in [0.25, 0.3) is 0 Å². The van der Waals surface area contributed by atoms with Gasteiger partial charge in [0.25, 0.3) is 0 Å². The Bertz CT molecular complexity index is 253. The number of nitrogens with one attached hydrogen (secondary N) is 1. The van der Waals surface area contributed by atoms with Gasteiger partial charge in [0, 0.05) is 19.2 Å². The Morgan fingerprint density at radius 3 is 2.62 bits per heavy atom. The Morgan fingerprint density at radius 2 is 2.06 bits per heavy atom. The number of carboxylic acids is 1. The summed E-state index contributed by atoms with van der Waals surface area (Å²) in [6, 6.07) is 0. The molecule has 0 aliphatic heterocycles. The normalized spacial score (nSPS) is 18.4. The van der Waals surface area contributed by atoms with Crippen LogP contribution in [0.15, 0.2) is 12.2 Å². The fraction of sp³-hybridized carbons (Fsp3) is 0.769. The van der Waals surface area contributed by atoms with Crippen LogP contribution in [0.2, 0.25) is 0 Å². The van der Waals surface area contributed by atoms with Crippen molar-refractivity contribution in [3.8, 4) is 0 Å². The summed E-state index contributed by atoms with van der Waals surface area (Å²) in [4.78, 5) is 10.3. The molecule has 3 nitrogen and oxygen atoms in total. The fourth-order valence-corrected chi connectivity index (χ4v) is 2.49. The zero-order chi connectivity index (χ0) is 12.0. The van der Waals surface area contributed by atoms with E-state index in [1.54, 1.807) is 6.08 Å². The molecule has 1 fully saturated rings. The van der Waals surface area contributed by atoms with Gasteiger partial charge in [0.1, 0.15) is 0 Å². The van der Waals surface area contributed by atoms with E-state index in [1.165, 1.54) is 31.8 Å². The lowest BCUT2D eigenvalue weighted by molar-refractivity contribution is -0.131. The second kappa shape index (κ2) is 6.04. The first-order valence-corrected chi connectivity index (χ1v) is 6.12. The van der Waals surface area contributed by atoms with E-state index < -0.39 is 5.97 Å². The topological polar surface area (TPSA) is 49.3 Å². The smallest absolute Gasteiger partial charge is 0.328 e. The molecule has 0 radical (unpaired) electrons. The maximum absolute atomic E-state index is 10.3. The molecule has 2 N–H and O–H groups in total. The van der Waals surface area contributed by atoms with Crippen LogP contribution in [0.1, 0.15) is 39.5 Å². The third-order valence-electron chi connectivity index (χ3n) is 3.56. The van der Waals surface area contributed by atoms with Gasteiger partial charge in [-0.2, -0.15) is 0 Å². The first-order valence-electron chi connectivity index (χ1n) is 6.12. The minimum Gasteiger partial charge on any atom is -0.478 e. The average molecular weight is 225 g/mol. The Kier molecular flexibility index (Phi) is 5.00. The summed E-state index contributed by atoms with van der Waals surface area (Å²) < 4.78 is 0. The van der Waals surface area contributed by atoms with Gasteiger partial charge in [-0.3, -0.25) is 0 Å². The zero-order valence-electron chi connectivity index (χ0n) is 10.3. The van der Waals surface area contributed by atoms with Gasteiger partial charge in [-0.1, -0.05) is 32.8 Å². The van der Waals surface area contributed by atoms with Crippen molar-refractivity contribution in [2.45, 2.75) is 39.5 Å². The van der Waals surface area contributed by atoms with Crippen LogP contribution in [0.4, 0.5) is 0 Å². The lowest BCUT2D eigenvalue weighted by atomic mass is 9.78. The summed E-state index contributed by atoms with van der Waals surface area (Å²) in [5, 5.41) is 11.7. The maximum Gasteiger partial charge on any atom is 0.328 e. The molecule has 1 aliphatic rings.